The van der Waals surface area contributed by atoms with Gasteiger partial charge in [0, 0.05) is 24.6 Å². The monoisotopic (exact) mass is 436 g/mol. The number of nitrogens with one attached hydrogen (secondary N) is 1. The van der Waals surface area contributed by atoms with Gasteiger partial charge in [0.05, 0.1) is 6.61 Å². The van der Waals surface area contributed by atoms with E-state index in [0.29, 0.717) is 18.7 Å². The highest BCUT2D eigenvalue weighted by Gasteiger charge is 2.22. The standard InChI is InChI=1S/C26H32N2O4/c1-2-32-24(29)19-28(18-21-9-5-3-6-10-21)26(31)23-15-13-20(14-16-23)17-27-25(30)22-11-7-4-8-12-22/h3,5-6,9-10,13-16,22H,2,4,7-8,11-12,17-19H2,1H3,(H,27,30). The maximum Gasteiger partial charge on any atom is 0.325 e. The molecule has 3 rings (SSSR count). The lowest BCUT2D eigenvalue weighted by atomic mass is 9.88. The van der Waals surface area contributed by atoms with Crippen LogP contribution in [0.3, 0.4) is 0 Å². The zero-order valence-electron chi connectivity index (χ0n) is 18.7. The van der Waals surface area contributed by atoms with E-state index in [9.17, 15) is 14.4 Å². The van der Waals surface area contributed by atoms with E-state index in [1.807, 2.05) is 42.5 Å². The number of carbonyl (C=O) groups is 3. The molecule has 0 atom stereocenters. The van der Waals surface area contributed by atoms with E-state index >= 15 is 0 Å². The fourth-order valence-electron chi connectivity index (χ4n) is 4.01. The second-order valence-electron chi connectivity index (χ2n) is 8.20. The van der Waals surface area contributed by atoms with Crippen molar-refractivity contribution in [2.45, 2.75) is 52.1 Å². The van der Waals surface area contributed by atoms with E-state index in [1.54, 1.807) is 19.1 Å². The van der Waals surface area contributed by atoms with Crippen LogP contribution in [-0.4, -0.2) is 35.8 Å². The van der Waals surface area contributed by atoms with Gasteiger partial charge in [-0.3, -0.25) is 14.4 Å². The molecule has 2 amide bonds. The normalized spacial score (nSPS) is 13.9. The van der Waals surface area contributed by atoms with E-state index in [2.05, 4.69) is 5.32 Å². The van der Waals surface area contributed by atoms with Gasteiger partial charge in [0.1, 0.15) is 6.54 Å². The molecule has 1 fully saturated rings. The van der Waals surface area contributed by atoms with Gasteiger partial charge in [0.2, 0.25) is 5.91 Å². The SMILES string of the molecule is CCOC(=O)CN(Cc1ccccc1)C(=O)c1ccc(CNC(=O)C2CCCCC2)cc1. The Balaban J connectivity index is 1.62. The summed E-state index contributed by atoms with van der Waals surface area (Å²) in [4.78, 5) is 39.0. The molecular formula is C26H32N2O4. The number of benzene rings is 2. The molecule has 1 N–H and O–H groups in total. The number of ether oxygens (including phenoxy) is 1. The van der Waals surface area contributed by atoms with Crippen molar-refractivity contribution in [2.75, 3.05) is 13.2 Å². The predicted octanol–water partition coefficient (Wildman–Crippen LogP) is 4.09. The first kappa shape index (κ1) is 23.5. The molecule has 6 nitrogen and oxygen atoms in total. The Hall–Kier alpha value is -3.15. The number of rotatable bonds is 9. The average molecular weight is 437 g/mol. The molecule has 0 saturated heterocycles. The number of hydrogen-bond acceptors (Lipinski definition) is 4. The zero-order valence-corrected chi connectivity index (χ0v) is 18.7. The Bertz CT molecular complexity index is 890. The molecule has 6 heteroatoms. The van der Waals surface area contributed by atoms with Crippen LogP contribution in [0.25, 0.3) is 0 Å². The van der Waals surface area contributed by atoms with Gasteiger partial charge in [-0.15, -0.1) is 0 Å². The van der Waals surface area contributed by atoms with Crippen LogP contribution < -0.4 is 5.32 Å². The Labute approximate surface area is 189 Å². The quantitative estimate of drug-likeness (QED) is 0.601. The molecule has 2 aromatic carbocycles. The van der Waals surface area contributed by atoms with Crippen LogP contribution in [0, 0.1) is 5.92 Å². The summed E-state index contributed by atoms with van der Waals surface area (Å²) >= 11 is 0. The maximum atomic E-state index is 13.1. The van der Waals surface area contributed by atoms with Crippen molar-refractivity contribution in [3.8, 4) is 0 Å². The second-order valence-corrected chi connectivity index (χ2v) is 8.20. The summed E-state index contributed by atoms with van der Waals surface area (Å²) in [6.07, 6.45) is 5.41. The summed E-state index contributed by atoms with van der Waals surface area (Å²) in [6.45, 7) is 2.67. The third-order valence-electron chi connectivity index (χ3n) is 5.77. The molecule has 1 saturated carbocycles. The summed E-state index contributed by atoms with van der Waals surface area (Å²) in [7, 11) is 0. The Morgan fingerprint density at radius 1 is 0.938 bits per heavy atom. The maximum absolute atomic E-state index is 13.1. The number of carbonyl (C=O) groups excluding carboxylic acids is 3. The summed E-state index contributed by atoms with van der Waals surface area (Å²) in [5.74, 6) is -0.425. The van der Waals surface area contributed by atoms with E-state index < -0.39 is 5.97 Å². The lowest BCUT2D eigenvalue weighted by molar-refractivity contribution is -0.144. The molecule has 1 aliphatic carbocycles. The second kappa shape index (κ2) is 12.0. The topological polar surface area (TPSA) is 75.7 Å². The summed E-state index contributed by atoms with van der Waals surface area (Å²) in [6, 6.07) is 16.7. The molecule has 0 heterocycles. The number of hydrogen-bond donors (Lipinski definition) is 1. The lowest BCUT2D eigenvalue weighted by Gasteiger charge is -2.22. The van der Waals surface area contributed by atoms with Gasteiger partial charge < -0.3 is 15.0 Å². The molecule has 2 aromatic rings. The van der Waals surface area contributed by atoms with Crippen LogP contribution in [0.15, 0.2) is 54.6 Å². The predicted molar refractivity (Wildman–Crippen MR) is 123 cm³/mol. The van der Waals surface area contributed by atoms with Gasteiger partial charge in [-0.25, -0.2) is 0 Å². The highest BCUT2D eigenvalue weighted by molar-refractivity contribution is 5.96. The van der Waals surface area contributed by atoms with Crippen molar-refractivity contribution in [3.63, 3.8) is 0 Å². The summed E-state index contributed by atoms with van der Waals surface area (Å²) < 4.78 is 5.05. The Morgan fingerprint density at radius 2 is 1.62 bits per heavy atom. The fraction of sp³-hybridized carbons (Fsp3) is 0.423. The van der Waals surface area contributed by atoms with Crippen LogP contribution in [0.2, 0.25) is 0 Å². The van der Waals surface area contributed by atoms with E-state index in [1.165, 1.54) is 11.3 Å². The zero-order chi connectivity index (χ0) is 22.8. The largest absolute Gasteiger partial charge is 0.465 e. The number of amides is 2. The third kappa shape index (κ3) is 6.94. The van der Waals surface area contributed by atoms with E-state index in [4.69, 9.17) is 4.74 Å². The van der Waals surface area contributed by atoms with Crippen molar-refractivity contribution >= 4 is 17.8 Å². The van der Waals surface area contributed by atoms with Crippen LogP contribution in [0.4, 0.5) is 0 Å². The first-order chi connectivity index (χ1) is 15.6. The smallest absolute Gasteiger partial charge is 0.325 e. The molecule has 0 aromatic heterocycles. The minimum absolute atomic E-state index is 0.110. The first-order valence-corrected chi connectivity index (χ1v) is 11.4. The molecule has 0 spiro atoms. The van der Waals surface area contributed by atoms with Crippen molar-refractivity contribution in [1.29, 1.82) is 0 Å². The number of esters is 1. The van der Waals surface area contributed by atoms with Crippen LogP contribution in [0.1, 0.15) is 60.5 Å². The molecule has 1 aliphatic rings. The van der Waals surface area contributed by atoms with Crippen molar-refractivity contribution in [2.24, 2.45) is 5.92 Å². The average Bonchev–Trinajstić information content (AvgIpc) is 2.83. The minimum Gasteiger partial charge on any atom is -0.465 e. The molecule has 0 aliphatic heterocycles. The highest BCUT2D eigenvalue weighted by Crippen LogP contribution is 2.23. The summed E-state index contributed by atoms with van der Waals surface area (Å²) in [5, 5.41) is 3.02. The molecular weight excluding hydrogens is 404 g/mol. The van der Waals surface area contributed by atoms with Gasteiger partial charge in [0.15, 0.2) is 0 Å². The van der Waals surface area contributed by atoms with Crippen molar-refractivity contribution in [1.82, 2.24) is 10.2 Å². The molecule has 32 heavy (non-hydrogen) atoms. The van der Waals surface area contributed by atoms with Crippen LogP contribution >= 0.6 is 0 Å². The van der Waals surface area contributed by atoms with E-state index in [-0.39, 0.29) is 30.9 Å². The molecule has 0 radical (unpaired) electrons. The van der Waals surface area contributed by atoms with Gasteiger partial charge in [-0.1, -0.05) is 61.7 Å². The van der Waals surface area contributed by atoms with Crippen molar-refractivity contribution < 1.29 is 19.1 Å². The highest BCUT2D eigenvalue weighted by atomic mass is 16.5. The van der Waals surface area contributed by atoms with Gasteiger partial charge in [-0.05, 0) is 43.0 Å². The fourth-order valence-corrected chi connectivity index (χ4v) is 4.01. The van der Waals surface area contributed by atoms with Gasteiger partial charge >= 0.3 is 5.97 Å². The third-order valence-corrected chi connectivity index (χ3v) is 5.77. The Morgan fingerprint density at radius 3 is 2.28 bits per heavy atom. The number of nitrogens with zero attached hydrogens (tertiary/aromatic N) is 1. The minimum atomic E-state index is -0.432. The molecule has 0 bridgehead atoms. The molecule has 170 valence electrons. The van der Waals surface area contributed by atoms with E-state index in [0.717, 1.165) is 36.8 Å². The van der Waals surface area contributed by atoms with Gasteiger partial charge in [0.25, 0.3) is 5.91 Å². The van der Waals surface area contributed by atoms with Crippen molar-refractivity contribution in [3.05, 3.63) is 71.3 Å². The molecule has 0 unspecified atom stereocenters. The summed E-state index contributed by atoms with van der Waals surface area (Å²) in [5.41, 5.74) is 2.37. The van der Waals surface area contributed by atoms with Gasteiger partial charge in [-0.2, -0.15) is 0 Å². The lowest BCUT2D eigenvalue weighted by Crippen LogP contribution is -2.36. The Kier molecular flexibility index (Phi) is 8.84. The first-order valence-electron chi connectivity index (χ1n) is 11.4. The van der Waals surface area contributed by atoms with Crippen LogP contribution in [0.5, 0.6) is 0 Å². The van der Waals surface area contributed by atoms with Crippen LogP contribution in [-0.2, 0) is 27.4 Å².